The maximum Gasteiger partial charge on any atom is 0.347 e. The molecule has 0 aliphatic carbocycles. The lowest BCUT2D eigenvalue weighted by Crippen LogP contribution is -2.21. The number of methoxy groups -OCH3 is 3. The molecule has 0 spiro atoms. The van der Waals surface area contributed by atoms with E-state index < -0.39 is 18.0 Å². The summed E-state index contributed by atoms with van der Waals surface area (Å²) >= 11 is 0. The number of cyclic esters (lactones) is 1. The number of rotatable bonds is 6. The van der Waals surface area contributed by atoms with Crippen LogP contribution in [0.3, 0.4) is 0 Å². The van der Waals surface area contributed by atoms with Crippen molar-refractivity contribution >= 4 is 18.0 Å². The van der Waals surface area contributed by atoms with E-state index in [1.165, 1.54) is 33.5 Å². The molecule has 124 valence electrons. The first-order chi connectivity index (χ1) is 11.1. The Morgan fingerprint density at radius 3 is 2.35 bits per heavy atom. The van der Waals surface area contributed by atoms with Crippen LogP contribution < -0.4 is 14.2 Å². The largest absolute Gasteiger partial charge is 0.496 e. The number of carbonyl (C=O) groups is 2. The third kappa shape index (κ3) is 3.94. The molecule has 23 heavy (non-hydrogen) atoms. The van der Waals surface area contributed by atoms with Crippen LogP contribution in [0, 0.1) is 0 Å². The van der Waals surface area contributed by atoms with Gasteiger partial charge in [0.25, 0.3) is 0 Å². The molecule has 0 saturated carbocycles. The second kappa shape index (κ2) is 7.53. The second-order valence-electron chi connectivity index (χ2n) is 4.66. The lowest BCUT2D eigenvalue weighted by Gasteiger charge is -2.12. The van der Waals surface area contributed by atoms with Crippen molar-refractivity contribution in [2.24, 2.45) is 0 Å². The summed E-state index contributed by atoms with van der Waals surface area (Å²) in [6, 6.07) is 3.32. The Bertz CT molecular complexity index is 621. The molecule has 1 atom stereocenters. The van der Waals surface area contributed by atoms with Crippen molar-refractivity contribution in [3.8, 4) is 17.2 Å². The van der Waals surface area contributed by atoms with Crippen LogP contribution in [0.25, 0.3) is 6.08 Å². The van der Waals surface area contributed by atoms with Gasteiger partial charge in [-0.2, -0.15) is 0 Å². The van der Waals surface area contributed by atoms with Gasteiger partial charge >= 0.3 is 11.9 Å². The quantitative estimate of drug-likeness (QED) is 0.581. The molecule has 0 N–H and O–H groups in total. The van der Waals surface area contributed by atoms with Gasteiger partial charge in [-0.05, 0) is 12.1 Å². The van der Waals surface area contributed by atoms with Gasteiger partial charge in [0.15, 0.2) is 11.5 Å². The molecule has 1 fully saturated rings. The Kier molecular flexibility index (Phi) is 5.46. The van der Waals surface area contributed by atoms with Crippen molar-refractivity contribution < 1.29 is 33.3 Å². The molecular formula is C16H18O7. The normalized spacial score (nSPS) is 17.0. The van der Waals surface area contributed by atoms with E-state index in [2.05, 4.69) is 0 Å². The Morgan fingerprint density at radius 1 is 1.13 bits per heavy atom. The molecule has 0 amide bonds. The predicted octanol–water partition coefficient (Wildman–Crippen LogP) is 1.58. The van der Waals surface area contributed by atoms with Gasteiger partial charge in [-0.15, -0.1) is 0 Å². The molecule has 7 heteroatoms. The lowest BCUT2D eigenvalue weighted by atomic mass is 10.1. The Balaban J connectivity index is 2.14. The minimum absolute atomic E-state index is 0.268. The fourth-order valence-corrected chi connectivity index (χ4v) is 2.10. The van der Waals surface area contributed by atoms with E-state index >= 15 is 0 Å². The van der Waals surface area contributed by atoms with Gasteiger partial charge in [-0.1, -0.05) is 0 Å². The van der Waals surface area contributed by atoms with Gasteiger partial charge < -0.3 is 23.7 Å². The minimum Gasteiger partial charge on any atom is -0.496 e. The maximum absolute atomic E-state index is 11.8. The van der Waals surface area contributed by atoms with Crippen molar-refractivity contribution in [2.45, 2.75) is 12.5 Å². The smallest absolute Gasteiger partial charge is 0.347 e. The molecule has 0 aromatic heterocycles. The average Bonchev–Trinajstić information content (AvgIpc) is 2.96. The predicted molar refractivity (Wildman–Crippen MR) is 80.6 cm³/mol. The molecule has 0 unspecified atom stereocenters. The molecule has 1 aromatic rings. The highest BCUT2D eigenvalue weighted by atomic mass is 16.6. The Hall–Kier alpha value is -2.70. The molecule has 0 bridgehead atoms. The molecule has 1 aliphatic heterocycles. The van der Waals surface area contributed by atoms with E-state index in [0.29, 0.717) is 29.2 Å². The van der Waals surface area contributed by atoms with Crippen LogP contribution >= 0.6 is 0 Å². The highest BCUT2D eigenvalue weighted by molar-refractivity contribution is 5.90. The Morgan fingerprint density at radius 2 is 1.78 bits per heavy atom. The van der Waals surface area contributed by atoms with Crippen molar-refractivity contribution in [3.63, 3.8) is 0 Å². The summed E-state index contributed by atoms with van der Waals surface area (Å²) in [5.74, 6) is 0.367. The second-order valence-corrected chi connectivity index (χ2v) is 4.66. The van der Waals surface area contributed by atoms with Crippen molar-refractivity contribution in [1.29, 1.82) is 0 Å². The fraction of sp³-hybridized carbons (Fsp3) is 0.375. The zero-order valence-corrected chi connectivity index (χ0v) is 13.2. The van der Waals surface area contributed by atoms with Gasteiger partial charge in [0.05, 0.1) is 27.9 Å². The number of hydrogen-bond acceptors (Lipinski definition) is 7. The van der Waals surface area contributed by atoms with E-state index in [1.54, 1.807) is 12.1 Å². The molecule has 1 heterocycles. The van der Waals surface area contributed by atoms with Gasteiger partial charge in [-0.25, -0.2) is 9.59 Å². The number of benzene rings is 1. The number of ether oxygens (including phenoxy) is 5. The van der Waals surface area contributed by atoms with Crippen LogP contribution in [-0.2, 0) is 19.1 Å². The topological polar surface area (TPSA) is 80.3 Å². The maximum atomic E-state index is 11.8. The van der Waals surface area contributed by atoms with Crippen LogP contribution in [-0.4, -0.2) is 46.0 Å². The molecule has 1 aromatic carbocycles. The first-order valence-corrected chi connectivity index (χ1v) is 6.94. The molecule has 1 saturated heterocycles. The van der Waals surface area contributed by atoms with Gasteiger partial charge in [-0.3, -0.25) is 0 Å². The van der Waals surface area contributed by atoms with Gasteiger partial charge in [0.2, 0.25) is 6.10 Å². The van der Waals surface area contributed by atoms with Crippen LogP contribution in [0.1, 0.15) is 12.0 Å². The SMILES string of the molecule is COc1cc(OC)c(OC)cc1/C=C/C(=O)O[C@H]1CCOC1=O. The number of carbonyl (C=O) groups excluding carboxylic acids is 2. The van der Waals surface area contributed by atoms with Gasteiger partial charge in [0, 0.05) is 24.1 Å². The van der Waals surface area contributed by atoms with Crippen LogP contribution in [0.2, 0.25) is 0 Å². The first kappa shape index (κ1) is 16.7. The molecule has 1 aliphatic rings. The molecule has 2 rings (SSSR count). The highest BCUT2D eigenvalue weighted by Gasteiger charge is 2.29. The van der Waals surface area contributed by atoms with Crippen molar-refractivity contribution in [1.82, 2.24) is 0 Å². The third-order valence-electron chi connectivity index (χ3n) is 3.28. The zero-order chi connectivity index (χ0) is 16.8. The van der Waals surface area contributed by atoms with Crippen LogP contribution in [0.4, 0.5) is 0 Å². The summed E-state index contributed by atoms with van der Waals surface area (Å²) < 4.78 is 25.4. The number of hydrogen-bond donors (Lipinski definition) is 0. The summed E-state index contributed by atoms with van der Waals surface area (Å²) in [6.45, 7) is 0.268. The fourth-order valence-electron chi connectivity index (χ4n) is 2.10. The van der Waals surface area contributed by atoms with Crippen LogP contribution in [0.15, 0.2) is 18.2 Å². The average molecular weight is 322 g/mol. The van der Waals surface area contributed by atoms with E-state index in [0.717, 1.165) is 0 Å². The van der Waals surface area contributed by atoms with E-state index in [1.807, 2.05) is 0 Å². The van der Waals surface area contributed by atoms with E-state index in [4.69, 9.17) is 23.7 Å². The molecular weight excluding hydrogens is 304 g/mol. The molecule has 0 radical (unpaired) electrons. The highest BCUT2D eigenvalue weighted by Crippen LogP contribution is 2.35. The zero-order valence-electron chi connectivity index (χ0n) is 13.2. The summed E-state index contributed by atoms with van der Waals surface area (Å²) in [4.78, 5) is 23.0. The standard InChI is InChI=1S/C16H18O7/c1-19-12-9-14(21-3)13(20-2)8-10(12)4-5-15(17)23-11-6-7-22-16(11)18/h4-5,8-9,11H,6-7H2,1-3H3/b5-4+/t11-/m0/s1. The lowest BCUT2D eigenvalue weighted by molar-refractivity contribution is -0.156. The van der Waals surface area contributed by atoms with Gasteiger partial charge in [0.1, 0.15) is 5.75 Å². The number of esters is 2. The van der Waals surface area contributed by atoms with E-state index in [-0.39, 0.29) is 6.61 Å². The Labute approximate surface area is 133 Å². The van der Waals surface area contributed by atoms with E-state index in [9.17, 15) is 9.59 Å². The minimum atomic E-state index is -0.834. The summed E-state index contributed by atoms with van der Waals surface area (Å²) in [5, 5.41) is 0. The monoisotopic (exact) mass is 322 g/mol. The molecule has 7 nitrogen and oxygen atoms in total. The third-order valence-corrected chi connectivity index (χ3v) is 3.28. The van der Waals surface area contributed by atoms with Crippen molar-refractivity contribution in [2.75, 3.05) is 27.9 Å². The summed E-state index contributed by atoms with van der Waals surface area (Å²) in [5.41, 5.74) is 0.607. The first-order valence-electron chi connectivity index (χ1n) is 6.94. The summed E-state index contributed by atoms with van der Waals surface area (Å²) in [7, 11) is 4.54. The summed E-state index contributed by atoms with van der Waals surface area (Å²) in [6.07, 6.45) is 2.27. The van der Waals surface area contributed by atoms with Crippen molar-refractivity contribution in [3.05, 3.63) is 23.8 Å². The van der Waals surface area contributed by atoms with Crippen LogP contribution in [0.5, 0.6) is 17.2 Å².